The van der Waals surface area contributed by atoms with Crippen LogP contribution in [0.2, 0.25) is 0 Å². The van der Waals surface area contributed by atoms with Crippen LogP contribution in [0.5, 0.6) is 0 Å². The van der Waals surface area contributed by atoms with Crippen LogP contribution >= 0.6 is 23.1 Å². The molecule has 2 rings (SSSR count). The molecule has 0 aliphatic carbocycles. The van der Waals surface area contributed by atoms with Crippen molar-refractivity contribution in [1.29, 1.82) is 0 Å². The molecule has 0 bridgehead atoms. The molecule has 0 radical (unpaired) electrons. The van der Waals surface area contributed by atoms with Gasteiger partial charge in [0, 0.05) is 11.3 Å². The molecule has 1 heterocycles. The number of thioether (sulfide) groups is 1. The molecule has 1 N–H and O–H groups in total. The van der Waals surface area contributed by atoms with Gasteiger partial charge in [-0.25, -0.2) is 8.42 Å². The Morgan fingerprint density at radius 1 is 1.33 bits per heavy atom. The van der Waals surface area contributed by atoms with Gasteiger partial charge in [0.25, 0.3) is 5.91 Å². The summed E-state index contributed by atoms with van der Waals surface area (Å²) in [7, 11) is -4.68. The van der Waals surface area contributed by atoms with E-state index in [4.69, 9.17) is 0 Å². The number of carbonyl (C=O) groups is 1. The van der Waals surface area contributed by atoms with Gasteiger partial charge in [0.1, 0.15) is 0 Å². The van der Waals surface area contributed by atoms with E-state index in [1.165, 1.54) is 23.1 Å². The van der Waals surface area contributed by atoms with Crippen molar-refractivity contribution in [3.8, 4) is 0 Å². The van der Waals surface area contributed by atoms with Crippen LogP contribution in [0.3, 0.4) is 0 Å². The van der Waals surface area contributed by atoms with E-state index in [2.05, 4.69) is 22.1 Å². The summed E-state index contributed by atoms with van der Waals surface area (Å²) in [6.07, 6.45) is 1.71. The second-order valence-corrected chi connectivity index (χ2v) is 8.42. The molecular weight excluding hydrogens is 380 g/mol. The highest BCUT2D eigenvalue weighted by Crippen LogP contribution is 2.26. The summed E-state index contributed by atoms with van der Waals surface area (Å²) >= 11 is 2.58. The Morgan fingerprint density at radius 3 is 2.58 bits per heavy atom. The van der Waals surface area contributed by atoms with Crippen LogP contribution in [-0.4, -0.2) is 36.0 Å². The van der Waals surface area contributed by atoms with Gasteiger partial charge in [-0.3, -0.25) is 10.1 Å². The molecule has 0 saturated carbocycles. The van der Waals surface area contributed by atoms with E-state index in [0.717, 1.165) is 24.3 Å². The number of sulfone groups is 1. The van der Waals surface area contributed by atoms with Gasteiger partial charge < -0.3 is 0 Å². The third-order valence-electron chi connectivity index (χ3n) is 2.63. The van der Waals surface area contributed by atoms with Crippen LogP contribution < -0.4 is 5.32 Å². The SMILES string of the molecule is C=CCSc1nnc(NC(=O)c2ccc(S(=O)(=O)C(F)F)cc2)s1. The summed E-state index contributed by atoms with van der Waals surface area (Å²) in [5.74, 6) is -3.40. The summed E-state index contributed by atoms with van der Waals surface area (Å²) in [4.78, 5) is 11.5. The fourth-order valence-electron chi connectivity index (χ4n) is 1.52. The number of hydrogen-bond donors (Lipinski definition) is 1. The van der Waals surface area contributed by atoms with Gasteiger partial charge in [0.2, 0.25) is 15.0 Å². The number of hydrogen-bond acceptors (Lipinski definition) is 7. The summed E-state index contributed by atoms with van der Waals surface area (Å²) in [5, 5.41) is 10.5. The topological polar surface area (TPSA) is 89.0 Å². The van der Waals surface area contributed by atoms with Crippen molar-refractivity contribution in [2.75, 3.05) is 11.1 Å². The van der Waals surface area contributed by atoms with Crippen LogP contribution in [0, 0.1) is 0 Å². The first-order chi connectivity index (χ1) is 11.3. The normalized spacial score (nSPS) is 11.5. The molecule has 0 fully saturated rings. The van der Waals surface area contributed by atoms with Crippen LogP contribution in [0.15, 0.2) is 46.2 Å². The molecule has 2 aromatic rings. The number of anilines is 1. The lowest BCUT2D eigenvalue weighted by atomic mass is 10.2. The van der Waals surface area contributed by atoms with E-state index < -0.39 is 26.4 Å². The fraction of sp³-hybridized carbons (Fsp3) is 0.154. The van der Waals surface area contributed by atoms with Crippen molar-refractivity contribution < 1.29 is 22.0 Å². The van der Waals surface area contributed by atoms with Crippen LogP contribution in [0.4, 0.5) is 13.9 Å². The van der Waals surface area contributed by atoms with Gasteiger partial charge in [-0.15, -0.1) is 16.8 Å². The molecule has 0 saturated heterocycles. The number of benzene rings is 1. The molecular formula is C13H11F2N3O3S3. The molecule has 128 valence electrons. The van der Waals surface area contributed by atoms with Crippen LogP contribution in [0.25, 0.3) is 0 Å². The standard InChI is InChI=1S/C13H11F2N3O3S3/c1-2-7-22-13-18-17-12(23-13)16-10(19)8-3-5-9(6-4-8)24(20,21)11(14)15/h2-6,11H,1,7H2,(H,16,17,19). The molecule has 11 heteroatoms. The zero-order chi connectivity index (χ0) is 17.7. The van der Waals surface area contributed by atoms with Crippen LogP contribution in [0.1, 0.15) is 10.4 Å². The van der Waals surface area contributed by atoms with Crippen LogP contribution in [-0.2, 0) is 9.84 Å². The Labute approximate surface area is 144 Å². The van der Waals surface area contributed by atoms with Crippen molar-refractivity contribution in [3.63, 3.8) is 0 Å². The van der Waals surface area contributed by atoms with Crippen molar-refractivity contribution >= 4 is 44.0 Å². The van der Waals surface area contributed by atoms with Crippen molar-refractivity contribution in [3.05, 3.63) is 42.5 Å². The molecule has 0 atom stereocenters. The molecule has 6 nitrogen and oxygen atoms in total. The maximum absolute atomic E-state index is 12.4. The lowest BCUT2D eigenvalue weighted by Crippen LogP contribution is -2.14. The zero-order valence-electron chi connectivity index (χ0n) is 12.0. The monoisotopic (exact) mass is 391 g/mol. The Balaban J connectivity index is 2.08. The lowest BCUT2D eigenvalue weighted by Gasteiger charge is -2.04. The number of aromatic nitrogens is 2. The first kappa shape index (κ1) is 18.5. The summed E-state index contributed by atoms with van der Waals surface area (Å²) in [6, 6.07) is 4.22. The fourth-order valence-corrected chi connectivity index (χ4v) is 3.75. The van der Waals surface area contributed by atoms with Gasteiger partial charge in [-0.2, -0.15) is 8.78 Å². The number of nitrogens with one attached hydrogen (secondary N) is 1. The van der Waals surface area contributed by atoms with E-state index in [1.807, 2.05) is 0 Å². The minimum absolute atomic E-state index is 0.110. The number of alkyl halides is 2. The predicted octanol–water partition coefficient (Wildman–Crippen LogP) is 3.06. The first-order valence-corrected chi connectivity index (χ1v) is 9.70. The molecule has 1 aromatic heterocycles. The highest BCUT2D eigenvalue weighted by atomic mass is 32.2. The molecule has 24 heavy (non-hydrogen) atoms. The maximum Gasteiger partial charge on any atom is 0.341 e. The highest BCUT2D eigenvalue weighted by molar-refractivity contribution is 8.01. The van der Waals surface area contributed by atoms with Crippen molar-refractivity contribution in [2.45, 2.75) is 15.0 Å². The minimum atomic E-state index is -4.68. The number of carbonyl (C=O) groups excluding carboxylic acids is 1. The zero-order valence-corrected chi connectivity index (χ0v) is 14.4. The molecule has 0 spiro atoms. The van der Waals surface area contributed by atoms with E-state index in [-0.39, 0.29) is 10.7 Å². The van der Waals surface area contributed by atoms with E-state index in [9.17, 15) is 22.0 Å². The molecule has 1 amide bonds. The highest BCUT2D eigenvalue weighted by Gasteiger charge is 2.26. The predicted molar refractivity (Wildman–Crippen MR) is 88.4 cm³/mol. The number of rotatable bonds is 7. The average Bonchev–Trinajstić information content (AvgIpc) is 3.00. The van der Waals surface area contributed by atoms with E-state index in [1.54, 1.807) is 6.08 Å². The maximum atomic E-state index is 12.4. The molecule has 0 aliphatic heterocycles. The van der Waals surface area contributed by atoms with E-state index >= 15 is 0 Å². The molecule has 0 unspecified atom stereocenters. The van der Waals surface area contributed by atoms with Gasteiger partial charge in [0.15, 0.2) is 4.34 Å². The van der Waals surface area contributed by atoms with E-state index in [0.29, 0.717) is 10.1 Å². The quantitative estimate of drug-likeness (QED) is 0.443. The third kappa shape index (κ3) is 4.36. The van der Waals surface area contributed by atoms with Crippen molar-refractivity contribution in [1.82, 2.24) is 10.2 Å². The number of amides is 1. The largest absolute Gasteiger partial charge is 0.341 e. The second-order valence-electron chi connectivity index (χ2n) is 4.26. The Hall–Kier alpha value is -1.85. The third-order valence-corrected chi connectivity index (χ3v) is 6.00. The van der Waals surface area contributed by atoms with Gasteiger partial charge in [-0.05, 0) is 24.3 Å². The molecule has 1 aromatic carbocycles. The Morgan fingerprint density at radius 2 is 2.00 bits per heavy atom. The first-order valence-electron chi connectivity index (χ1n) is 6.35. The van der Waals surface area contributed by atoms with Crippen molar-refractivity contribution in [2.24, 2.45) is 0 Å². The van der Waals surface area contributed by atoms with Gasteiger partial charge >= 0.3 is 5.76 Å². The number of nitrogens with zero attached hydrogens (tertiary/aromatic N) is 2. The number of halogens is 2. The molecule has 0 aliphatic rings. The minimum Gasteiger partial charge on any atom is -0.296 e. The summed E-state index contributed by atoms with van der Waals surface area (Å²) in [5.41, 5.74) is 0.110. The summed E-state index contributed by atoms with van der Waals surface area (Å²) < 4.78 is 48.2. The lowest BCUT2D eigenvalue weighted by molar-refractivity contribution is 0.102. The summed E-state index contributed by atoms with van der Waals surface area (Å²) in [6.45, 7) is 3.58. The average molecular weight is 391 g/mol. The smallest absolute Gasteiger partial charge is 0.296 e. The van der Waals surface area contributed by atoms with Gasteiger partial charge in [0.05, 0.1) is 4.90 Å². The second kappa shape index (κ2) is 7.81. The Kier molecular flexibility index (Phi) is 6.02. The Bertz CT molecular complexity index is 836. The van der Waals surface area contributed by atoms with Gasteiger partial charge in [-0.1, -0.05) is 29.2 Å².